The minimum absolute atomic E-state index is 0.0244. The van der Waals surface area contributed by atoms with E-state index in [1.807, 2.05) is 23.6 Å². The predicted octanol–water partition coefficient (Wildman–Crippen LogP) is 4.92. The third-order valence-electron chi connectivity index (χ3n) is 7.03. The normalized spacial score (nSPS) is 29.4. The first-order chi connectivity index (χ1) is 14.8. The van der Waals surface area contributed by atoms with Gasteiger partial charge in [-0.05, 0) is 30.0 Å². The zero-order chi connectivity index (χ0) is 23.5. The molecule has 3 heterocycles. The number of carbonyl (C=O) groups excluding carboxylic acids is 1. The van der Waals surface area contributed by atoms with Crippen LogP contribution in [0.15, 0.2) is 18.2 Å². The molecule has 3 atom stereocenters. The van der Waals surface area contributed by atoms with Crippen molar-refractivity contribution < 1.29 is 35.9 Å². The lowest BCUT2D eigenvalue weighted by atomic mass is 9.79. The van der Waals surface area contributed by atoms with Gasteiger partial charge in [0.2, 0.25) is 5.91 Å². The highest BCUT2D eigenvalue weighted by Gasteiger charge is 2.59. The van der Waals surface area contributed by atoms with Gasteiger partial charge in [-0.2, -0.15) is 26.3 Å². The monoisotopic (exact) mass is 464 g/mol. The summed E-state index contributed by atoms with van der Waals surface area (Å²) in [5.74, 6) is 0.214. The van der Waals surface area contributed by atoms with Gasteiger partial charge in [0, 0.05) is 38.4 Å². The van der Waals surface area contributed by atoms with Crippen LogP contribution in [0.25, 0.3) is 0 Å². The Labute approximate surface area is 182 Å². The Bertz CT molecular complexity index is 884. The van der Waals surface area contributed by atoms with Crippen LogP contribution in [-0.2, 0) is 28.4 Å². The Hall–Kier alpha value is -1.81. The number of hydrogen-bond donors (Lipinski definition) is 0. The number of nitrogens with zero attached hydrogens (tertiary/aromatic N) is 2. The van der Waals surface area contributed by atoms with E-state index >= 15 is 0 Å². The van der Waals surface area contributed by atoms with Gasteiger partial charge in [-0.15, -0.1) is 0 Å². The second-order valence-corrected chi connectivity index (χ2v) is 9.32. The Morgan fingerprint density at radius 1 is 1.16 bits per heavy atom. The molecule has 1 spiro atoms. The molecule has 32 heavy (non-hydrogen) atoms. The second-order valence-electron chi connectivity index (χ2n) is 9.32. The van der Waals surface area contributed by atoms with Crippen LogP contribution in [-0.4, -0.2) is 47.2 Å². The summed E-state index contributed by atoms with van der Waals surface area (Å²) in [6, 6.07) is 1.79. The van der Waals surface area contributed by atoms with E-state index in [1.165, 1.54) is 0 Å². The topological polar surface area (TPSA) is 32.8 Å². The number of hydrogen-bond acceptors (Lipinski definition) is 3. The van der Waals surface area contributed by atoms with Crippen molar-refractivity contribution in [3.8, 4) is 0 Å². The van der Waals surface area contributed by atoms with Gasteiger partial charge in [-0.25, -0.2) is 0 Å². The summed E-state index contributed by atoms with van der Waals surface area (Å²) in [5, 5.41) is 0. The summed E-state index contributed by atoms with van der Waals surface area (Å²) in [5.41, 5.74) is -3.48. The molecule has 1 amide bonds. The van der Waals surface area contributed by atoms with E-state index in [-0.39, 0.29) is 42.0 Å². The summed E-state index contributed by atoms with van der Waals surface area (Å²) in [6.07, 6.45) is -8.33. The van der Waals surface area contributed by atoms with E-state index in [1.54, 1.807) is 0 Å². The molecule has 3 aliphatic heterocycles. The van der Waals surface area contributed by atoms with E-state index in [4.69, 9.17) is 4.74 Å². The van der Waals surface area contributed by atoms with E-state index in [0.717, 1.165) is 6.07 Å². The minimum Gasteiger partial charge on any atom is -0.353 e. The zero-order valence-corrected chi connectivity index (χ0v) is 17.9. The maximum atomic E-state index is 13.5. The number of benzene rings is 1. The van der Waals surface area contributed by atoms with Gasteiger partial charge in [0.15, 0.2) is 0 Å². The van der Waals surface area contributed by atoms with Crippen molar-refractivity contribution in [1.29, 1.82) is 0 Å². The van der Waals surface area contributed by atoms with Crippen molar-refractivity contribution in [3.63, 3.8) is 0 Å². The van der Waals surface area contributed by atoms with E-state index in [0.29, 0.717) is 45.0 Å². The van der Waals surface area contributed by atoms with Gasteiger partial charge in [0.25, 0.3) is 0 Å². The first-order valence-corrected chi connectivity index (χ1v) is 10.8. The highest BCUT2D eigenvalue weighted by Crippen LogP contribution is 2.48. The van der Waals surface area contributed by atoms with Crippen molar-refractivity contribution in [3.05, 3.63) is 34.9 Å². The fourth-order valence-electron chi connectivity index (χ4n) is 5.39. The lowest BCUT2D eigenvalue weighted by molar-refractivity contribution is -0.193. The summed E-state index contributed by atoms with van der Waals surface area (Å²) >= 11 is 0. The first-order valence-electron chi connectivity index (χ1n) is 10.8. The predicted molar refractivity (Wildman–Crippen MR) is 103 cm³/mol. The van der Waals surface area contributed by atoms with Crippen molar-refractivity contribution in [1.82, 2.24) is 9.80 Å². The van der Waals surface area contributed by atoms with Crippen LogP contribution in [0, 0.1) is 11.8 Å². The number of rotatable bonds is 3. The molecule has 10 heteroatoms. The van der Waals surface area contributed by atoms with Gasteiger partial charge in [-0.1, -0.05) is 19.9 Å². The molecule has 0 saturated carbocycles. The van der Waals surface area contributed by atoms with Crippen molar-refractivity contribution in [2.75, 3.05) is 19.7 Å². The van der Waals surface area contributed by atoms with Crippen molar-refractivity contribution in [2.45, 2.75) is 63.8 Å². The highest BCUT2D eigenvalue weighted by atomic mass is 19.4. The Morgan fingerprint density at radius 3 is 2.50 bits per heavy atom. The second kappa shape index (κ2) is 7.90. The summed E-state index contributed by atoms with van der Waals surface area (Å²) in [6.45, 7) is 5.21. The standard InChI is InChI=1S/C22H26F6N2O2/c1-13(2)18-12-32-20-7-8-29(11-16(20)5-6-19(31)30(18)20)10-14-3-4-15(21(23,24)25)9-17(14)22(26,27)28/h3-4,9,13,16,18H,5-8,10-12H2,1-2H3/t16-,18-,20-/m1/s1. The molecular weight excluding hydrogens is 438 g/mol. The molecule has 3 fully saturated rings. The van der Waals surface area contributed by atoms with Crippen LogP contribution in [0.2, 0.25) is 0 Å². The van der Waals surface area contributed by atoms with Crippen LogP contribution in [0.1, 0.15) is 49.8 Å². The van der Waals surface area contributed by atoms with Gasteiger partial charge in [-0.3, -0.25) is 9.69 Å². The largest absolute Gasteiger partial charge is 0.416 e. The van der Waals surface area contributed by atoms with Gasteiger partial charge >= 0.3 is 12.4 Å². The average molecular weight is 464 g/mol. The van der Waals surface area contributed by atoms with Crippen LogP contribution >= 0.6 is 0 Å². The van der Waals surface area contributed by atoms with E-state index in [9.17, 15) is 31.1 Å². The van der Waals surface area contributed by atoms with Gasteiger partial charge in [0.05, 0.1) is 23.8 Å². The molecule has 0 radical (unpaired) electrons. The van der Waals surface area contributed by atoms with Crippen LogP contribution in [0.5, 0.6) is 0 Å². The minimum atomic E-state index is -4.89. The third kappa shape index (κ3) is 4.00. The number of ether oxygens (including phenoxy) is 1. The summed E-state index contributed by atoms with van der Waals surface area (Å²) < 4.78 is 85.6. The molecule has 0 aromatic heterocycles. The zero-order valence-electron chi connectivity index (χ0n) is 17.9. The Balaban J connectivity index is 1.56. The van der Waals surface area contributed by atoms with Crippen LogP contribution in [0.4, 0.5) is 26.3 Å². The maximum Gasteiger partial charge on any atom is 0.416 e. The number of amides is 1. The Kier molecular flexibility index (Phi) is 5.76. The fourth-order valence-corrected chi connectivity index (χ4v) is 5.39. The molecular formula is C22H26F6N2O2. The molecule has 3 saturated heterocycles. The van der Waals surface area contributed by atoms with Crippen molar-refractivity contribution >= 4 is 5.91 Å². The van der Waals surface area contributed by atoms with Crippen LogP contribution in [0.3, 0.4) is 0 Å². The number of carbonyl (C=O) groups is 1. The van der Waals surface area contributed by atoms with E-state index in [2.05, 4.69) is 0 Å². The smallest absolute Gasteiger partial charge is 0.353 e. The molecule has 0 aliphatic carbocycles. The van der Waals surface area contributed by atoms with Crippen molar-refractivity contribution in [2.24, 2.45) is 11.8 Å². The molecule has 1 aromatic carbocycles. The highest BCUT2D eigenvalue weighted by molar-refractivity contribution is 5.78. The van der Waals surface area contributed by atoms with Gasteiger partial charge < -0.3 is 9.64 Å². The lowest BCUT2D eigenvalue weighted by Crippen LogP contribution is -2.65. The summed E-state index contributed by atoms with van der Waals surface area (Å²) in [4.78, 5) is 16.4. The quantitative estimate of drug-likeness (QED) is 0.596. The van der Waals surface area contributed by atoms with E-state index < -0.39 is 29.2 Å². The maximum absolute atomic E-state index is 13.5. The lowest BCUT2D eigenvalue weighted by Gasteiger charge is -2.53. The molecule has 0 N–H and O–H groups in total. The number of alkyl halides is 6. The summed E-state index contributed by atoms with van der Waals surface area (Å²) in [7, 11) is 0. The third-order valence-corrected chi connectivity index (χ3v) is 7.03. The molecule has 0 unspecified atom stereocenters. The molecule has 3 aliphatic rings. The molecule has 4 nitrogen and oxygen atoms in total. The Morgan fingerprint density at radius 2 is 1.88 bits per heavy atom. The SMILES string of the molecule is CC(C)[C@H]1CO[C@]23CCN(Cc4ccc(C(F)(F)F)cc4C(F)(F)F)C[C@H]2CCC(=O)N13. The molecule has 0 bridgehead atoms. The number of likely N-dealkylation sites (tertiary alicyclic amines) is 1. The van der Waals surface area contributed by atoms with Gasteiger partial charge in [0.1, 0.15) is 5.72 Å². The average Bonchev–Trinajstić information content (AvgIpc) is 3.08. The first kappa shape index (κ1) is 23.4. The molecule has 178 valence electrons. The fraction of sp³-hybridized carbons (Fsp3) is 0.682. The molecule has 1 aromatic rings. The molecule has 4 rings (SSSR count). The number of piperidine rings is 2. The number of halogens is 6. The van der Waals surface area contributed by atoms with Crippen LogP contribution < -0.4 is 0 Å².